The molecule has 2 amide bonds. The first-order valence-electron chi connectivity index (χ1n) is 9.01. The third-order valence-electron chi connectivity index (χ3n) is 4.42. The maximum absolute atomic E-state index is 11.9. The van der Waals surface area contributed by atoms with Crippen molar-refractivity contribution in [2.24, 2.45) is 0 Å². The molecule has 0 atom stereocenters. The second-order valence-electron chi connectivity index (χ2n) is 6.30. The Balaban J connectivity index is 1.62. The van der Waals surface area contributed by atoms with E-state index in [1.54, 1.807) is 11.8 Å². The normalized spacial score (nSPS) is 14.9. The van der Waals surface area contributed by atoms with Gasteiger partial charge in [0.2, 0.25) is 11.8 Å². The molecule has 2 rings (SSSR count). The lowest BCUT2D eigenvalue weighted by molar-refractivity contribution is -0.129. The van der Waals surface area contributed by atoms with Crippen LogP contribution in [0.4, 0.5) is 0 Å². The topological polar surface area (TPSA) is 61.9 Å². The van der Waals surface area contributed by atoms with E-state index >= 15 is 0 Å². The number of carbonyl (C=O) groups excluding carboxylic acids is 2. The Bertz CT molecular complexity index is 530. The van der Waals surface area contributed by atoms with E-state index < -0.39 is 0 Å². The summed E-state index contributed by atoms with van der Waals surface area (Å²) in [6.45, 7) is 7.53. The average molecular weight is 347 g/mol. The first kappa shape index (κ1) is 19.4. The van der Waals surface area contributed by atoms with Crippen molar-refractivity contribution in [2.75, 3.05) is 52.5 Å². The summed E-state index contributed by atoms with van der Waals surface area (Å²) in [5.74, 6) is 0.0762. The highest BCUT2D eigenvalue weighted by atomic mass is 16.5. The lowest BCUT2D eigenvalue weighted by Gasteiger charge is -2.29. The van der Waals surface area contributed by atoms with E-state index in [0.717, 1.165) is 44.8 Å². The number of hydrogen-bond donors (Lipinski definition) is 1. The second kappa shape index (κ2) is 10.8. The zero-order chi connectivity index (χ0) is 17.9. The lowest BCUT2D eigenvalue weighted by Crippen LogP contribution is -2.44. The minimum atomic E-state index is 0.0283. The van der Waals surface area contributed by atoms with Gasteiger partial charge in [0.25, 0.3) is 0 Å². The van der Waals surface area contributed by atoms with Crippen LogP contribution in [0.2, 0.25) is 0 Å². The van der Waals surface area contributed by atoms with Crippen LogP contribution in [0, 0.1) is 0 Å². The third-order valence-corrected chi connectivity index (χ3v) is 4.42. The smallest absolute Gasteiger partial charge is 0.220 e. The Morgan fingerprint density at radius 1 is 1.16 bits per heavy atom. The average Bonchev–Trinajstić information content (AvgIpc) is 2.64. The summed E-state index contributed by atoms with van der Waals surface area (Å²) in [7, 11) is 0. The summed E-state index contributed by atoms with van der Waals surface area (Å²) in [6.07, 6.45) is 1.21. The van der Waals surface area contributed by atoms with Crippen molar-refractivity contribution in [3.8, 4) is 0 Å². The number of carbonyl (C=O) groups is 2. The van der Waals surface area contributed by atoms with Gasteiger partial charge >= 0.3 is 0 Å². The van der Waals surface area contributed by atoms with Gasteiger partial charge < -0.3 is 15.0 Å². The molecule has 1 fully saturated rings. The molecule has 0 spiro atoms. The molecule has 0 aliphatic carbocycles. The highest BCUT2D eigenvalue weighted by Gasteiger charge is 2.14. The van der Waals surface area contributed by atoms with Gasteiger partial charge in [-0.3, -0.25) is 14.5 Å². The highest BCUT2D eigenvalue weighted by molar-refractivity contribution is 5.76. The summed E-state index contributed by atoms with van der Waals surface area (Å²) >= 11 is 0. The standard InChI is InChI=1S/C19H29N3O3/c1-17(23)22(12-11-21-13-15-25-16-14-21)10-9-20-19(24)8-7-18-5-3-2-4-6-18/h2-6H,7-16H2,1H3,(H,20,24). The summed E-state index contributed by atoms with van der Waals surface area (Å²) in [6, 6.07) is 9.97. The van der Waals surface area contributed by atoms with Gasteiger partial charge in [0.1, 0.15) is 0 Å². The van der Waals surface area contributed by atoms with E-state index in [1.807, 2.05) is 30.3 Å². The van der Waals surface area contributed by atoms with E-state index in [0.29, 0.717) is 26.1 Å². The van der Waals surface area contributed by atoms with Crippen LogP contribution in [0.5, 0.6) is 0 Å². The van der Waals surface area contributed by atoms with Crippen LogP contribution < -0.4 is 5.32 Å². The number of aryl methyl sites for hydroxylation is 1. The fourth-order valence-electron chi connectivity index (χ4n) is 2.83. The molecule has 0 radical (unpaired) electrons. The molecule has 25 heavy (non-hydrogen) atoms. The highest BCUT2D eigenvalue weighted by Crippen LogP contribution is 2.02. The molecule has 0 bridgehead atoms. The largest absolute Gasteiger partial charge is 0.379 e. The molecule has 1 aliphatic rings. The minimum absolute atomic E-state index is 0.0283. The molecule has 1 heterocycles. The molecule has 0 aromatic heterocycles. The molecule has 1 aromatic rings. The molecule has 0 unspecified atom stereocenters. The summed E-state index contributed by atoms with van der Waals surface area (Å²) in [4.78, 5) is 27.8. The van der Waals surface area contributed by atoms with Crippen molar-refractivity contribution in [2.45, 2.75) is 19.8 Å². The van der Waals surface area contributed by atoms with Crippen molar-refractivity contribution in [3.63, 3.8) is 0 Å². The molecular weight excluding hydrogens is 318 g/mol. The van der Waals surface area contributed by atoms with Crippen molar-refractivity contribution < 1.29 is 14.3 Å². The predicted molar refractivity (Wildman–Crippen MR) is 97.3 cm³/mol. The minimum Gasteiger partial charge on any atom is -0.379 e. The quantitative estimate of drug-likeness (QED) is 0.721. The number of nitrogens with zero attached hydrogens (tertiary/aromatic N) is 2. The Labute approximate surface area is 150 Å². The number of nitrogens with one attached hydrogen (secondary N) is 1. The second-order valence-corrected chi connectivity index (χ2v) is 6.30. The number of morpholine rings is 1. The van der Waals surface area contributed by atoms with E-state index in [2.05, 4.69) is 10.2 Å². The molecule has 1 N–H and O–H groups in total. The maximum atomic E-state index is 11.9. The number of benzene rings is 1. The first-order chi connectivity index (χ1) is 12.1. The first-order valence-corrected chi connectivity index (χ1v) is 9.01. The predicted octanol–water partition coefficient (Wildman–Crippen LogP) is 0.916. The van der Waals surface area contributed by atoms with Gasteiger partial charge in [-0.15, -0.1) is 0 Å². The third kappa shape index (κ3) is 7.67. The number of hydrogen-bond acceptors (Lipinski definition) is 4. The van der Waals surface area contributed by atoms with Gasteiger partial charge in [-0.2, -0.15) is 0 Å². The monoisotopic (exact) mass is 347 g/mol. The van der Waals surface area contributed by atoms with Crippen LogP contribution in [0.1, 0.15) is 18.9 Å². The van der Waals surface area contributed by atoms with E-state index in [4.69, 9.17) is 4.74 Å². The van der Waals surface area contributed by atoms with Crippen LogP contribution in [0.3, 0.4) is 0 Å². The van der Waals surface area contributed by atoms with Crippen molar-refractivity contribution in [1.82, 2.24) is 15.1 Å². The number of rotatable bonds is 9. The summed E-state index contributed by atoms with van der Waals surface area (Å²) in [5.41, 5.74) is 1.16. The fourth-order valence-corrected chi connectivity index (χ4v) is 2.83. The van der Waals surface area contributed by atoms with E-state index in [1.165, 1.54) is 0 Å². The van der Waals surface area contributed by atoms with Crippen molar-refractivity contribution in [1.29, 1.82) is 0 Å². The van der Waals surface area contributed by atoms with Gasteiger partial charge in [0.15, 0.2) is 0 Å². The Kier molecular flexibility index (Phi) is 8.42. The summed E-state index contributed by atoms with van der Waals surface area (Å²) < 4.78 is 5.33. The zero-order valence-corrected chi connectivity index (χ0v) is 15.1. The van der Waals surface area contributed by atoms with Crippen LogP contribution >= 0.6 is 0 Å². The number of ether oxygens (including phenoxy) is 1. The van der Waals surface area contributed by atoms with Gasteiger partial charge in [0, 0.05) is 52.6 Å². The number of amides is 2. The zero-order valence-electron chi connectivity index (χ0n) is 15.1. The molecule has 0 saturated carbocycles. The van der Waals surface area contributed by atoms with E-state index in [9.17, 15) is 9.59 Å². The van der Waals surface area contributed by atoms with Crippen LogP contribution in [-0.4, -0.2) is 74.1 Å². The van der Waals surface area contributed by atoms with Crippen molar-refractivity contribution >= 4 is 11.8 Å². The fraction of sp³-hybridized carbons (Fsp3) is 0.579. The van der Waals surface area contributed by atoms with E-state index in [-0.39, 0.29) is 11.8 Å². The van der Waals surface area contributed by atoms with Gasteiger partial charge in [-0.25, -0.2) is 0 Å². The Morgan fingerprint density at radius 2 is 1.88 bits per heavy atom. The van der Waals surface area contributed by atoms with Gasteiger partial charge in [0.05, 0.1) is 13.2 Å². The molecule has 1 aromatic carbocycles. The molecule has 1 saturated heterocycles. The van der Waals surface area contributed by atoms with Crippen LogP contribution in [-0.2, 0) is 20.7 Å². The molecular formula is C19H29N3O3. The SMILES string of the molecule is CC(=O)N(CCNC(=O)CCc1ccccc1)CCN1CCOCC1. The molecule has 138 valence electrons. The molecule has 1 aliphatic heterocycles. The lowest BCUT2D eigenvalue weighted by atomic mass is 10.1. The van der Waals surface area contributed by atoms with Crippen LogP contribution in [0.15, 0.2) is 30.3 Å². The Hall–Kier alpha value is -1.92. The van der Waals surface area contributed by atoms with Crippen molar-refractivity contribution in [3.05, 3.63) is 35.9 Å². The van der Waals surface area contributed by atoms with Crippen LogP contribution in [0.25, 0.3) is 0 Å². The van der Waals surface area contributed by atoms with Gasteiger partial charge in [-0.05, 0) is 12.0 Å². The molecule has 6 heteroatoms. The Morgan fingerprint density at radius 3 is 2.56 bits per heavy atom. The summed E-state index contributed by atoms with van der Waals surface area (Å²) in [5, 5.41) is 2.91. The van der Waals surface area contributed by atoms with Gasteiger partial charge in [-0.1, -0.05) is 30.3 Å². The molecule has 6 nitrogen and oxygen atoms in total. The maximum Gasteiger partial charge on any atom is 0.220 e.